The molecular weight excluding hydrogens is 240 g/mol. The maximum absolute atomic E-state index is 12.2. The third-order valence-corrected chi connectivity index (χ3v) is 3.62. The summed E-state index contributed by atoms with van der Waals surface area (Å²) in [5.41, 5.74) is 1.72. The van der Waals surface area contributed by atoms with Crippen LogP contribution in [0.25, 0.3) is 10.9 Å². The van der Waals surface area contributed by atoms with E-state index >= 15 is 0 Å². The van der Waals surface area contributed by atoms with Crippen LogP contribution in [0.5, 0.6) is 0 Å². The highest BCUT2D eigenvalue weighted by Gasteiger charge is 2.16. The van der Waals surface area contributed by atoms with Crippen LogP contribution in [0.2, 0.25) is 0 Å². The van der Waals surface area contributed by atoms with Crippen molar-refractivity contribution in [2.75, 3.05) is 13.2 Å². The summed E-state index contributed by atoms with van der Waals surface area (Å²) in [5, 5.41) is 3.94. The third-order valence-electron chi connectivity index (χ3n) is 3.62. The molecule has 0 aliphatic carbocycles. The van der Waals surface area contributed by atoms with Crippen molar-refractivity contribution in [3.63, 3.8) is 0 Å². The van der Waals surface area contributed by atoms with E-state index in [9.17, 15) is 4.79 Å². The Morgan fingerprint density at radius 3 is 3.21 bits per heavy atom. The van der Waals surface area contributed by atoms with Gasteiger partial charge in [0.1, 0.15) is 0 Å². The highest BCUT2D eigenvalue weighted by atomic mass is 16.5. The number of hydrogen-bond acceptors (Lipinski definition) is 2. The van der Waals surface area contributed by atoms with Crippen molar-refractivity contribution < 1.29 is 9.53 Å². The molecule has 1 aliphatic rings. The summed E-state index contributed by atoms with van der Waals surface area (Å²) in [7, 11) is 0. The Bertz CT molecular complexity index is 570. The molecule has 19 heavy (non-hydrogen) atoms. The van der Waals surface area contributed by atoms with Gasteiger partial charge in [0.25, 0.3) is 5.91 Å². The van der Waals surface area contributed by atoms with E-state index in [2.05, 4.69) is 10.3 Å². The van der Waals surface area contributed by atoms with E-state index in [4.69, 9.17) is 4.74 Å². The van der Waals surface area contributed by atoms with Crippen LogP contribution in [-0.4, -0.2) is 30.1 Å². The number of rotatable bonds is 4. The van der Waals surface area contributed by atoms with Crippen LogP contribution >= 0.6 is 0 Å². The molecule has 2 N–H and O–H groups in total. The standard InChI is InChI=1S/C15H18N2O2/c18-15(17-8-6-11-3-2-10-19-11)13-4-1-5-14-12(13)7-9-16-14/h1,4-5,7,9,11,16H,2-3,6,8,10H2,(H,17,18). The van der Waals surface area contributed by atoms with Crippen molar-refractivity contribution in [1.82, 2.24) is 10.3 Å². The van der Waals surface area contributed by atoms with Gasteiger partial charge in [0.2, 0.25) is 0 Å². The summed E-state index contributed by atoms with van der Waals surface area (Å²) in [6, 6.07) is 7.66. The fourth-order valence-electron chi connectivity index (χ4n) is 2.60. The Kier molecular flexibility index (Phi) is 3.51. The van der Waals surface area contributed by atoms with Crippen LogP contribution in [0.1, 0.15) is 29.6 Å². The van der Waals surface area contributed by atoms with E-state index in [1.165, 1.54) is 0 Å². The summed E-state index contributed by atoms with van der Waals surface area (Å²) in [5.74, 6) is -0.0109. The molecule has 0 radical (unpaired) electrons. The van der Waals surface area contributed by atoms with Gasteiger partial charge in [0, 0.05) is 35.8 Å². The van der Waals surface area contributed by atoms with Gasteiger partial charge in [-0.15, -0.1) is 0 Å². The van der Waals surface area contributed by atoms with Crippen molar-refractivity contribution in [2.24, 2.45) is 0 Å². The molecule has 2 heterocycles. The smallest absolute Gasteiger partial charge is 0.251 e. The SMILES string of the molecule is O=C(NCCC1CCCO1)c1cccc2[nH]ccc12. The van der Waals surface area contributed by atoms with Crippen LogP contribution in [0.15, 0.2) is 30.5 Å². The number of carbonyl (C=O) groups excluding carboxylic acids is 1. The lowest BCUT2D eigenvalue weighted by Crippen LogP contribution is -2.27. The van der Waals surface area contributed by atoms with Crippen LogP contribution < -0.4 is 5.32 Å². The Morgan fingerprint density at radius 2 is 2.37 bits per heavy atom. The van der Waals surface area contributed by atoms with Crippen molar-refractivity contribution in [2.45, 2.75) is 25.4 Å². The van der Waals surface area contributed by atoms with Gasteiger partial charge in [-0.1, -0.05) is 6.07 Å². The minimum absolute atomic E-state index is 0.0109. The molecule has 1 aromatic heterocycles. The van der Waals surface area contributed by atoms with E-state index in [1.807, 2.05) is 30.5 Å². The van der Waals surface area contributed by atoms with Gasteiger partial charge in [-0.25, -0.2) is 0 Å². The first-order chi connectivity index (χ1) is 9.34. The van der Waals surface area contributed by atoms with Gasteiger partial charge < -0.3 is 15.0 Å². The molecule has 1 aliphatic heterocycles. The van der Waals surface area contributed by atoms with E-state index in [0.717, 1.165) is 42.3 Å². The molecule has 1 saturated heterocycles. The number of nitrogens with one attached hydrogen (secondary N) is 2. The first-order valence-electron chi connectivity index (χ1n) is 6.80. The normalized spacial score (nSPS) is 18.8. The first-order valence-corrected chi connectivity index (χ1v) is 6.80. The zero-order chi connectivity index (χ0) is 13.1. The minimum Gasteiger partial charge on any atom is -0.378 e. The quantitative estimate of drug-likeness (QED) is 0.885. The third kappa shape index (κ3) is 2.63. The molecule has 1 atom stereocenters. The number of H-pyrrole nitrogens is 1. The molecule has 1 aromatic carbocycles. The van der Waals surface area contributed by atoms with Gasteiger partial charge in [-0.05, 0) is 37.5 Å². The largest absolute Gasteiger partial charge is 0.378 e. The van der Waals surface area contributed by atoms with Gasteiger partial charge in [0.05, 0.1) is 6.10 Å². The molecule has 100 valence electrons. The number of fused-ring (bicyclic) bond motifs is 1. The molecule has 4 heteroatoms. The van der Waals surface area contributed by atoms with Crippen LogP contribution in [0.3, 0.4) is 0 Å². The summed E-state index contributed by atoms with van der Waals surface area (Å²) < 4.78 is 5.54. The molecule has 2 aromatic rings. The van der Waals surface area contributed by atoms with E-state index in [1.54, 1.807) is 0 Å². The second-order valence-corrected chi connectivity index (χ2v) is 4.92. The second kappa shape index (κ2) is 5.45. The van der Waals surface area contributed by atoms with Crippen molar-refractivity contribution in [3.05, 3.63) is 36.0 Å². The molecule has 1 amide bonds. The predicted octanol–water partition coefficient (Wildman–Crippen LogP) is 2.47. The van der Waals surface area contributed by atoms with Crippen LogP contribution in [0.4, 0.5) is 0 Å². The Morgan fingerprint density at radius 1 is 1.42 bits per heavy atom. The van der Waals surface area contributed by atoms with Gasteiger partial charge in [0.15, 0.2) is 0 Å². The zero-order valence-corrected chi connectivity index (χ0v) is 10.8. The zero-order valence-electron chi connectivity index (χ0n) is 10.8. The summed E-state index contributed by atoms with van der Waals surface area (Å²) in [6.45, 7) is 1.53. The average Bonchev–Trinajstić information content (AvgIpc) is 3.08. The summed E-state index contributed by atoms with van der Waals surface area (Å²) >= 11 is 0. The topological polar surface area (TPSA) is 54.1 Å². The maximum atomic E-state index is 12.2. The average molecular weight is 258 g/mol. The molecule has 3 rings (SSSR count). The molecule has 1 unspecified atom stereocenters. The lowest BCUT2D eigenvalue weighted by molar-refractivity contribution is 0.0908. The van der Waals surface area contributed by atoms with Gasteiger partial charge in [-0.2, -0.15) is 0 Å². The summed E-state index contributed by atoms with van der Waals surface area (Å²) in [4.78, 5) is 15.3. The molecule has 0 saturated carbocycles. The molecule has 4 nitrogen and oxygen atoms in total. The van der Waals surface area contributed by atoms with E-state index in [-0.39, 0.29) is 5.91 Å². The van der Waals surface area contributed by atoms with Gasteiger partial charge >= 0.3 is 0 Å². The minimum atomic E-state index is -0.0109. The fourth-order valence-corrected chi connectivity index (χ4v) is 2.60. The first kappa shape index (κ1) is 12.2. The summed E-state index contributed by atoms with van der Waals surface area (Å²) in [6.07, 6.45) is 5.33. The van der Waals surface area contributed by atoms with Crippen molar-refractivity contribution in [1.29, 1.82) is 0 Å². The monoisotopic (exact) mass is 258 g/mol. The fraction of sp³-hybridized carbons (Fsp3) is 0.400. The Balaban J connectivity index is 1.62. The maximum Gasteiger partial charge on any atom is 0.251 e. The van der Waals surface area contributed by atoms with Crippen molar-refractivity contribution in [3.8, 4) is 0 Å². The van der Waals surface area contributed by atoms with Crippen LogP contribution in [-0.2, 0) is 4.74 Å². The van der Waals surface area contributed by atoms with Crippen molar-refractivity contribution >= 4 is 16.8 Å². The number of carbonyl (C=O) groups is 1. The Labute approximate surface area is 112 Å². The van der Waals surface area contributed by atoms with Crippen LogP contribution in [0, 0.1) is 0 Å². The Hall–Kier alpha value is -1.81. The second-order valence-electron chi connectivity index (χ2n) is 4.92. The molecular formula is C15H18N2O2. The number of ether oxygens (including phenoxy) is 1. The van der Waals surface area contributed by atoms with E-state index in [0.29, 0.717) is 12.6 Å². The molecule has 0 spiro atoms. The number of hydrogen-bond donors (Lipinski definition) is 2. The highest BCUT2D eigenvalue weighted by Crippen LogP contribution is 2.17. The molecule has 0 bridgehead atoms. The number of benzene rings is 1. The molecule has 1 fully saturated rings. The number of aromatic nitrogens is 1. The predicted molar refractivity (Wildman–Crippen MR) is 74.2 cm³/mol. The lowest BCUT2D eigenvalue weighted by Gasteiger charge is -2.10. The van der Waals surface area contributed by atoms with Gasteiger partial charge in [-0.3, -0.25) is 4.79 Å². The van der Waals surface area contributed by atoms with E-state index < -0.39 is 0 Å². The number of amides is 1. The highest BCUT2D eigenvalue weighted by molar-refractivity contribution is 6.06. The lowest BCUT2D eigenvalue weighted by atomic mass is 10.1. The number of aromatic amines is 1.